The molecule has 1 unspecified atom stereocenters. The van der Waals surface area contributed by atoms with Crippen molar-refractivity contribution in [2.24, 2.45) is 5.92 Å². The molecule has 0 aromatic heterocycles. The normalized spacial score (nSPS) is 27.6. The predicted molar refractivity (Wildman–Crippen MR) is 66.9 cm³/mol. The van der Waals surface area contributed by atoms with E-state index < -0.39 is 10.0 Å². The van der Waals surface area contributed by atoms with Crippen molar-refractivity contribution < 1.29 is 8.42 Å². The molecule has 4 nitrogen and oxygen atoms in total. The zero-order chi connectivity index (χ0) is 12.2. The van der Waals surface area contributed by atoms with Gasteiger partial charge in [-0.25, -0.2) is 8.42 Å². The molecule has 1 aliphatic heterocycles. The van der Waals surface area contributed by atoms with E-state index in [4.69, 9.17) is 0 Å². The lowest BCUT2D eigenvalue weighted by atomic mass is 10.1. The lowest BCUT2D eigenvalue weighted by molar-refractivity contribution is 0.302. The molecule has 1 atom stereocenters. The van der Waals surface area contributed by atoms with Gasteiger partial charge in [0.1, 0.15) is 0 Å². The minimum Gasteiger partial charge on any atom is -0.315 e. The second-order valence-electron chi connectivity index (χ2n) is 5.02. The van der Waals surface area contributed by atoms with Gasteiger partial charge < -0.3 is 5.32 Å². The number of sulfonamides is 1. The van der Waals surface area contributed by atoms with Crippen LogP contribution in [0.2, 0.25) is 0 Å². The third-order valence-electron chi connectivity index (χ3n) is 2.97. The summed E-state index contributed by atoms with van der Waals surface area (Å²) >= 11 is 0. The summed E-state index contributed by atoms with van der Waals surface area (Å²) in [5, 5.41) is 3.29. The summed E-state index contributed by atoms with van der Waals surface area (Å²) < 4.78 is 25.8. The Morgan fingerprint density at radius 2 is 2.12 bits per heavy atom. The van der Waals surface area contributed by atoms with Crippen LogP contribution >= 0.6 is 0 Å². The summed E-state index contributed by atoms with van der Waals surface area (Å²) in [6.07, 6.45) is 1.65. The van der Waals surface area contributed by atoms with Gasteiger partial charge >= 0.3 is 0 Å². The maximum absolute atomic E-state index is 12.1. The van der Waals surface area contributed by atoms with Gasteiger partial charge in [0, 0.05) is 19.1 Å². The van der Waals surface area contributed by atoms with Crippen molar-refractivity contribution in [2.75, 3.05) is 25.4 Å². The van der Waals surface area contributed by atoms with E-state index in [1.165, 1.54) is 0 Å². The van der Waals surface area contributed by atoms with E-state index in [9.17, 15) is 8.42 Å². The van der Waals surface area contributed by atoms with Crippen LogP contribution in [0, 0.1) is 5.92 Å². The highest BCUT2D eigenvalue weighted by atomic mass is 32.2. The van der Waals surface area contributed by atoms with Gasteiger partial charge in [-0.3, -0.25) is 0 Å². The quantitative estimate of drug-likeness (QED) is 0.812. The molecule has 0 aromatic rings. The van der Waals surface area contributed by atoms with E-state index in [1.807, 2.05) is 6.92 Å². The SMILES string of the molecule is CC(C)CCN1C(C)CNCCCS1(=O)=O. The fourth-order valence-electron chi connectivity index (χ4n) is 1.93. The van der Waals surface area contributed by atoms with Gasteiger partial charge in [-0.1, -0.05) is 13.8 Å². The highest BCUT2D eigenvalue weighted by Crippen LogP contribution is 2.13. The van der Waals surface area contributed by atoms with E-state index >= 15 is 0 Å². The molecule has 1 heterocycles. The lowest BCUT2D eigenvalue weighted by Gasteiger charge is -2.31. The van der Waals surface area contributed by atoms with Gasteiger partial charge in [-0.15, -0.1) is 0 Å². The Morgan fingerprint density at radius 3 is 2.75 bits per heavy atom. The van der Waals surface area contributed by atoms with Gasteiger partial charge in [0.05, 0.1) is 5.75 Å². The van der Waals surface area contributed by atoms with Crippen molar-refractivity contribution in [3.05, 3.63) is 0 Å². The molecule has 0 bridgehead atoms. The fourth-order valence-corrected chi connectivity index (χ4v) is 3.68. The highest BCUT2D eigenvalue weighted by molar-refractivity contribution is 7.89. The van der Waals surface area contributed by atoms with Gasteiger partial charge in [-0.2, -0.15) is 4.31 Å². The summed E-state index contributed by atoms with van der Waals surface area (Å²) in [5.41, 5.74) is 0. The van der Waals surface area contributed by atoms with Crippen LogP contribution in [0.5, 0.6) is 0 Å². The molecule has 0 spiro atoms. The largest absolute Gasteiger partial charge is 0.315 e. The Balaban J connectivity index is 2.70. The maximum atomic E-state index is 12.1. The monoisotopic (exact) mass is 248 g/mol. The molecule has 0 aromatic carbocycles. The number of hydrogen-bond donors (Lipinski definition) is 1. The van der Waals surface area contributed by atoms with E-state index in [-0.39, 0.29) is 11.8 Å². The first-order chi connectivity index (χ1) is 7.43. The van der Waals surface area contributed by atoms with Crippen molar-refractivity contribution >= 4 is 10.0 Å². The first kappa shape index (κ1) is 13.9. The van der Waals surface area contributed by atoms with E-state index in [1.54, 1.807) is 4.31 Å². The minimum atomic E-state index is -3.03. The highest BCUT2D eigenvalue weighted by Gasteiger charge is 2.27. The molecule has 0 radical (unpaired) electrons. The van der Waals surface area contributed by atoms with Crippen molar-refractivity contribution in [1.29, 1.82) is 0 Å². The first-order valence-electron chi connectivity index (χ1n) is 6.13. The summed E-state index contributed by atoms with van der Waals surface area (Å²) in [6, 6.07) is 0.0732. The molecule has 1 fully saturated rings. The molecule has 96 valence electrons. The molecule has 1 N–H and O–H groups in total. The topological polar surface area (TPSA) is 49.4 Å². The van der Waals surface area contributed by atoms with Gasteiger partial charge in [-0.05, 0) is 32.2 Å². The van der Waals surface area contributed by atoms with Crippen LogP contribution in [0.4, 0.5) is 0 Å². The van der Waals surface area contributed by atoms with E-state index in [0.717, 1.165) is 19.5 Å². The Bertz CT molecular complexity index is 301. The van der Waals surface area contributed by atoms with Crippen LogP contribution in [0.15, 0.2) is 0 Å². The van der Waals surface area contributed by atoms with Crippen LogP contribution in [0.3, 0.4) is 0 Å². The van der Waals surface area contributed by atoms with Gasteiger partial charge in [0.25, 0.3) is 0 Å². The zero-order valence-corrected chi connectivity index (χ0v) is 11.4. The molecule has 5 heteroatoms. The van der Waals surface area contributed by atoms with Crippen molar-refractivity contribution in [3.8, 4) is 0 Å². The van der Waals surface area contributed by atoms with Crippen LogP contribution < -0.4 is 5.32 Å². The van der Waals surface area contributed by atoms with E-state index in [0.29, 0.717) is 18.9 Å². The number of hydrogen-bond acceptors (Lipinski definition) is 3. The summed E-state index contributed by atoms with van der Waals surface area (Å²) in [7, 11) is -3.03. The van der Waals surface area contributed by atoms with Crippen molar-refractivity contribution in [3.63, 3.8) is 0 Å². The molecule has 0 saturated carbocycles. The molecule has 1 aliphatic rings. The van der Waals surface area contributed by atoms with Gasteiger partial charge in [0.15, 0.2) is 0 Å². The maximum Gasteiger partial charge on any atom is 0.214 e. The molecular weight excluding hydrogens is 224 g/mol. The smallest absolute Gasteiger partial charge is 0.214 e. The molecule has 1 rings (SSSR count). The second-order valence-corrected chi connectivity index (χ2v) is 7.06. The molecule has 0 amide bonds. The molecule has 0 aliphatic carbocycles. The number of rotatable bonds is 3. The Labute approximate surface area is 99.5 Å². The van der Waals surface area contributed by atoms with Gasteiger partial charge in [0.2, 0.25) is 10.0 Å². The van der Waals surface area contributed by atoms with Crippen LogP contribution in [-0.2, 0) is 10.0 Å². The second kappa shape index (κ2) is 5.98. The van der Waals surface area contributed by atoms with Crippen LogP contribution in [-0.4, -0.2) is 44.2 Å². The van der Waals surface area contributed by atoms with Crippen LogP contribution in [0.25, 0.3) is 0 Å². The third kappa shape index (κ3) is 4.03. The average molecular weight is 248 g/mol. The lowest BCUT2D eigenvalue weighted by Crippen LogP contribution is -2.48. The summed E-state index contributed by atoms with van der Waals surface area (Å²) in [6.45, 7) is 8.46. The fraction of sp³-hybridized carbons (Fsp3) is 1.00. The predicted octanol–water partition coefficient (Wildman–Crippen LogP) is 1.05. The Hall–Kier alpha value is -0.130. The zero-order valence-electron chi connectivity index (χ0n) is 10.6. The summed E-state index contributed by atoms with van der Waals surface area (Å²) in [5.74, 6) is 0.823. The van der Waals surface area contributed by atoms with E-state index in [2.05, 4.69) is 19.2 Å². The third-order valence-corrected chi connectivity index (χ3v) is 5.03. The first-order valence-corrected chi connectivity index (χ1v) is 7.74. The standard InChI is InChI=1S/C11H24N2O2S/c1-10(2)5-7-13-11(3)9-12-6-4-8-16(13,14)15/h10-12H,4-9H2,1-3H3. The average Bonchev–Trinajstić information content (AvgIpc) is 2.14. The number of nitrogens with zero attached hydrogens (tertiary/aromatic N) is 1. The number of nitrogens with one attached hydrogen (secondary N) is 1. The Kier molecular flexibility index (Phi) is 5.21. The molecule has 16 heavy (non-hydrogen) atoms. The summed E-state index contributed by atoms with van der Waals surface area (Å²) in [4.78, 5) is 0. The molecule has 1 saturated heterocycles. The minimum absolute atomic E-state index is 0.0732. The Morgan fingerprint density at radius 1 is 1.44 bits per heavy atom. The molecular formula is C11H24N2O2S. The van der Waals surface area contributed by atoms with Crippen molar-refractivity contribution in [2.45, 2.75) is 39.7 Å². The van der Waals surface area contributed by atoms with Crippen molar-refractivity contribution in [1.82, 2.24) is 9.62 Å². The van der Waals surface area contributed by atoms with Crippen LogP contribution in [0.1, 0.15) is 33.6 Å².